The third kappa shape index (κ3) is 4.76. The molecule has 0 aliphatic heterocycles. The van der Waals surface area contributed by atoms with Gasteiger partial charge in [-0.15, -0.1) is 21.5 Å². The summed E-state index contributed by atoms with van der Waals surface area (Å²) in [5, 5.41) is 25.6. The molecule has 0 saturated heterocycles. The molecule has 0 amide bonds. The fourth-order valence-electron chi connectivity index (χ4n) is 4.13. The van der Waals surface area contributed by atoms with E-state index in [9.17, 15) is 4.79 Å². The number of thiophene rings is 1. The van der Waals surface area contributed by atoms with Gasteiger partial charge in [-0.1, -0.05) is 61.9 Å². The lowest BCUT2D eigenvalue weighted by atomic mass is 9.98. The number of aryl methyl sites for hydroxylation is 1. The Morgan fingerprint density at radius 3 is 2.66 bits per heavy atom. The van der Waals surface area contributed by atoms with E-state index in [0.29, 0.717) is 12.4 Å². The molecule has 0 unspecified atom stereocenters. The Kier molecular flexibility index (Phi) is 6.49. The second-order valence-electron chi connectivity index (χ2n) is 8.20. The highest BCUT2D eigenvalue weighted by Gasteiger charge is 2.16. The second-order valence-corrected chi connectivity index (χ2v) is 9.11. The zero-order valence-electron chi connectivity index (χ0n) is 19.2. The number of aromatic nitrogens is 6. The second kappa shape index (κ2) is 10.0. The highest BCUT2D eigenvalue weighted by Crippen LogP contribution is 2.31. The zero-order chi connectivity index (χ0) is 24.2. The molecule has 0 aliphatic rings. The van der Waals surface area contributed by atoms with E-state index >= 15 is 0 Å². The Hall–Kier alpha value is -4.11. The number of imidazole rings is 1. The quantitative estimate of drug-likeness (QED) is 0.270. The van der Waals surface area contributed by atoms with Crippen LogP contribution in [0, 0.1) is 0 Å². The van der Waals surface area contributed by atoms with Gasteiger partial charge >= 0.3 is 5.97 Å². The Morgan fingerprint density at radius 1 is 1.14 bits per heavy atom. The number of fused-ring (bicyclic) bond motifs is 1. The van der Waals surface area contributed by atoms with Gasteiger partial charge in [0.2, 0.25) is 5.82 Å². The number of carbonyl (C=O) groups is 1. The summed E-state index contributed by atoms with van der Waals surface area (Å²) in [5.74, 6) is 0.635. The minimum absolute atomic E-state index is 0.566. The SMILES string of the molecule is CCCCc1nc2c(/C=C/C(=O)O)scc2n1Cc1ccc(-c2ccccc2-c2nn[nH]n2)cc1. The van der Waals surface area contributed by atoms with Gasteiger partial charge in [-0.3, -0.25) is 0 Å². The van der Waals surface area contributed by atoms with Crippen LogP contribution in [0.15, 0.2) is 60.0 Å². The van der Waals surface area contributed by atoms with Crippen molar-refractivity contribution in [1.82, 2.24) is 30.2 Å². The van der Waals surface area contributed by atoms with Crippen molar-refractivity contribution in [3.63, 3.8) is 0 Å². The molecule has 0 fully saturated rings. The summed E-state index contributed by atoms with van der Waals surface area (Å²) in [6.45, 7) is 2.86. The predicted molar refractivity (Wildman–Crippen MR) is 137 cm³/mol. The van der Waals surface area contributed by atoms with Gasteiger partial charge < -0.3 is 9.67 Å². The van der Waals surface area contributed by atoms with Crippen molar-refractivity contribution < 1.29 is 9.90 Å². The number of nitrogens with zero attached hydrogens (tertiary/aromatic N) is 5. The molecule has 0 aliphatic carbocycles. The number of tetrazole rings is 1. The van der Waals surface area contributed by atoms with Crippen LogP contribution in [-0.2, 0) is 17.8 Å². The number of benzene rings is 2. The average molecular weight is 485 g/mol. The lowest BCUT2D eigenvalue weighted by Crippen LogP contribution is -2.05. The summed E-state index contributed by atoms with van der Waals surface area (Å²) in [6, 6.07) is 16.5. The number of hydrogen-bond donors (Lipinski definition) is 2. The average Bonchev–Trinajstić information content (AvgIpc) is 3.61. The van der Waals surface area contributed by atoms with E-state index in [2.05, 4.69) is 67.8 Å². The van der Waals surface area contributed by atoms with Gasteiger partial charge in [0, 0.05) is 30.0 Å². The van der Waals surface area contributed by atoms with E-state index < -0.39 is 5.97 Å². The topological polar surface area (TPSA) is 110 Å². The molecule has 9 heteroatoms. The summed E-state index contributed by atoms with van der Waals surface area (Å²) in [7, 11) is 0. The lowest BCUT2D eigenvalue weighted by molar-refractivity contribution is -0.131. The Labute approximate surface area is 206 Å². The first-order chi connectivity index (χ1) is 17.1. The van der Waals surface area contributed by atoms with E-state index in [-0.39, 0.29) is 0 Å². The third-order valence-corrected chi connectivity index (χ3v) is 6.79. The van der Waals surface area contributed by atoms with Crippen molar-refractivity contribution in [3.05, 3.63) is 76.3 Å². The van der Waals surface area contributed by atoms with Crippen LogP contribution in [0.4, 0.5) is 0 Å². The van der Waals surface area contributed by atoms with Crippen LogP contribution in [0.5, 0.6) is 0 Å². The highest BCUT2D eigenvalue weighted by atomic mass is 32.1. The molecule has 0 radical (unpaired) electrons. The Balaban J connectivity index is 1.46. The van der Waals surface area contributed by atoms with Crippen LogP contribution in [0.1, 0.15) is 36.0 Å². The zero-order valence-corrected chi connectivity index (χ0v) is 20.0. The number of hydrogen-bond acceptors (Lipinski definition) is 6. The summed E-state index contributed by atoms with van der Waals surface area (Å²) in [6.07, 6.45) is 5.82. The van der Waals surface area contributed by atoms with E-state index in [4.69, 9.17) is 10.1 Å². The normalized spacial score (nSPS) is 11.6. The van der Waals surface area contributed by atoms with Gasteiger partial charge in [-0.25, -0.2) is 9.78 Å². The smallest absolute Gasteiger partial charge is 0.328 e. The van der Waals surface area contributed by atoms with Crippen LogP contribution in [0.2, 0.25) is 0 Å². The summed E-state index contributed by atoms with van der Waals surface area (Å²) < 4.78 is 2.25. The molecule has 2 aromatic carbocycles. The fourth-order valence-corrected chi connectivity index (χ4v) is 5.02. The lowest BCUT2D eigenvalue weighted by Gasteiger charge is -2.11. The van der Waals surface area contributed by atoms with Crippen molar-refractivity contribution in [3.8, 4) is 22.5 Å². The van der Waals surface area contributed by atoms with Gasteiger partial charge in [0.1, 0.15) is 11.3 Å². The fraction of sp³-hybridized carbons (Fsp3) is 0.192. The number of unbranched alkanes of at least 4 members (excludes halogenated alkanes) is 1. The van der Waals surface area contributed by atoms with Crippen LogP contribution < -0.4 is 0 Å². The predicted octanol–water partition coefficient (Wildman–Crippen LogP) is 5.43. The van der Waals surface area contributed by atoms with Crippen molar-refractivity contribution in [1.29, 1.82) is 0 Å². The molecule has 0 spiro atoms. The minimum Gasteiger partial charge on any atom is -0.478 e. The molecule has 176 valence electrons. The molecule has 8 nitrogen and oxygen atoms in total. The number of aliphatic carboxylic acids is 1. The van der Waals surface area contributed by atoms with Crippen molar-refractivity contribution in [2.75, 3.05) is 0 Å². The molecule has 5 aromatic rings. The van der Waals surface area contributed by atoms with Crippen LogP contribution in [-0.4, -0.2) is 41.3 Å². The van der Waals surface area contributed by atoms with E-state index in [1.54, 1.807) is 6.08 Å². The van der Waals surface area contributed by atoms with Gasteiger partial charge in [0.05, 0.1) is 10.4 Å². The molecule has 3 heterocycles. The number of rotatable bonds is 9. The number of carboxylic acids is 1. The third-order valence-electron chi connectivity index (χ3n) is 5.87. The molecule has 2 N–H and O–H groups in total. The first-order valence-electron chi connectivity index (χ1n) is 11.4. The maximum absolute atomic E-state index is 11.0. The summed E-state index contributed by atoms with van der Waals surface area (Å²) in [5.41, 5.74) is 6.11. The van der Waals surface area contributed by atoms with Crippen LogP contribution >= 0.6 is 11.3 Å². The Morgan fingerprint density at radius 2 is 1.94 bits per heavy atom. The standard InChI is InChI=1S/C26H24N6O2S/c1-2-3-8-23-27-25-21(16-35-22(25)13-14-24(33)34)32(23)15-17-9-11-18(12-10-17)19-6-4-5-7-20(19)26-28-30-31-29-26/h4-7,9-14,16H,2-3,8,15H2,1H3,(H,33,34)(H,28,29,30,31)/b14-13+. The number of nitrogens with one attached hydrogen (secondary N) is 1. The first kappa shape index (κ1) is 22.7. The number of carboxylic acid groups (broad SMARTS) is 1. The van der Waals surface area contributed by atoms with Gasteiger partial charge in [0.25, 0.3) is 0 Å². The monoisotopic (exact) mass is 484 g/mol. The molecular formula is C26H24N6O2S. The van der Waals surface area contributed by atoms with Gasteiger partial charge in [-0.05, 0) is 34.4 Å². The van der Waals surface area contributed by atoms with Crippen LogP contribution in [0.25, 0.3) is 39.6 Å². The molecule has 0 saturated carbocycles. The van der Waals surface area contributed by atoms with Crippen molar-refractivity contribution in [2.24, 2.45) is 0 Å². The molecular weight excluding hydrogens is 460 g/mol. The molecule has 0 atom stereocenters. The summed E-state index contributed by atoms with van der Waals surface area (Å²) in [4.78, 5) is 16.7. The minimum atomic E-state index is -0.960. The maximum Gasteiger partial charge on any atom is 0.328 e. The van der Waals surface area contributed by atoms with Gasteiger partial charge in [-0.2, -0.15) is 5.21 Å². The maximum atomic E-state index is 11.0. The van der Waals surface area contributed by atoms with E-state index in [0.717, 1.165) is 63.3 Å². The largest absolute Gasteiger partial charge is 0.478 e. The Bertz CT molecular complexity index is 1480. The van der Waals surface area contributed by atoms with Crippen molar-refractivity contribution in [2.45, 2.75) is 32.7 Å². The van der Waals surface area contributed by atoms with Gasteiger partial charge in [0.15, 0.2) is 0 Å². The molecule has 35 heavy (non-hydrogen) atoms. The van der Waals surface area contributed by atoms with Crippen LogP contribution in [0.3, 0.4) is 0 Å². The number of aromatic amines is 1. The van der Waals surface area contributed by atoms with Crippen molar-refractivity contribution >= 4 is 34.4 Å². The highest BCUT2D eigenvalue weighted by molar-refractivity contribution is 7.12. The molecule has 3 aromatic heterocycles. The summed E-state index contributed by atoms with van der Waals surface area (Å²) >= 11 is 1.52. The molecule has 5 rings (SSSR count). The molecule has 0 bridgehead atoms. The van der Waals surface area contributed by atoms with E-state index in [1.165, 1.54) is 17.4 Å². The first-order valence-corrected chi connectivity index (χ1v) is 12.3. The number of H-pyrrole nitrogens is 1. The van der Waals surface area contributed by atoms with E-state index in [1.807, 2.05) is 18.2 Å².